The van der Waals surface area contributed by atoms with Gasteiger partial charge in [0.15, 0.2) is 5.58 Å². The number of anilines is 1. The third kappa shape index (κ3) is 4.88. The summed E-state index contributed by atoms with van der Waals surface area (Å²) in [5.74, 6) is -1.26. The molecule has 0 bridgehead atoms. The van der Waals surface area contributed by atoms with Gasteiger partial charge in [0.05, 0.1) is 13.2 Å². The third-order valence-electron chi connectivity index (χ3n) is 3.95. The van der Waals surface area contributed by atoms with Gasteiger partial charge in [-0.15, -0.1) is 0 Å². The molecule has 0 unspecified atom stereocenters. The third-order valence-corrected chi connectivity index (χ3v) is 3.95. The van der Waals surface area contributed by atoms with Crippen LogP contribution in [0.25, 0.3) is 17.2 Å². The van der Waals surface area contributed by atoms with Gasteiger partial charge >= 0.3 is 5.97 Å². The fraction of sp³-hybridized carbons (Fsp3) is 0.238. The highest BCUT2D eigenvalue weighted by atomic mass is 19.1. The molecule has 2 aromatic carbocycles. The molecule has 146 valence electrons. The van der Waals surface area contributed by atoms with Crippen LogP contribution in [-0.4, -0.2) is 37.8 Å². The van der Waals surface area contributed by atoms with E-state index >= 15 is 0 Å². The topological polar surface area (TPSA) is 64.8 Å². The molecule has 6 nitrogen and oxygen atoms in total. The first kappa shape index (κ1) is 19.4. The van der Waals surface area contributed by atoms with E-state index in [-0.39, 0.29) is 6.61 Å². The molecule has 0 aliphatic rings. The maximum absolute atomic E-state index is 13.6. The predicted octanol–water partition coefficient (Wildman–Crippen LogP) is 4.22. The number of halogens is 1. The Labute approximate surface area is 162 Å². The van der Waals surface area contributed by atoms with Crippen LogP contribution >= 0.6 is 0 Å². The number of carbonyl (C=O) groups excluding carboxylic acids is 1. The van der Waals surface area contributed by atoms with Gasteiger partial charge in [0, 0.05) is 7.05 Å². The van der Waals surface area contributed by atoms with Crippen LogP contribution in [0.4, 0.5) is 10.4 Å². The van der Waals surface area contributed by atoms with Gasteiger partial charge in [-0.3, -0.25) is 0 Å². The minimum atomic E-state index is -0.968. The summed E-state index contributed by atoms with van der Waals surface area (Å²) >= 11 is 0. The van der Waals surface area contributed by atoms with Crippen LogP contribution in [0, 0.1) is 0 Å². The molecule has 3 rings (SSSR count). The highest BCUT2D eigenvalue weighted by Gasteiger charge is 2.11. The molecule has 1 heterocycles. The lowest BCUT2D eigenvalue weighted by molar-refractivity contribution is -0.140. The molecule has 28 heavy (non-hydrogen) atoms. The molecule has 0 fully saturated rings. The smallest absolute Gasteiger partial charge is 0.367 e. The summed E-state index contributed by atoms with van der Waals surface area (Å²) in [5, 5.41) is 0. The quantitative estimate of drug-likeness (QED) is 0.428. The van der Waals surface area contributed by atoms with Crippen LogP contribution < -0.4 is 9.64 Å². The molecule has 0 aliphatic carbocycles. The molecule has 0 amide bonds. The van der Waals surface area contributed by atoms with Crippen LogP contribution in [0.15, 0.2) is 58.8 Å². The molecule has 0 radical (unpaired) electrons. The average Bonchev–Trinajstić information content (AvgIpc) is 3.14. The van der Waals surface area contributed by atoms with Gasteiger partial charge in [-0.05, 0) is 42.8 Å². The number of benzene rings is 2. The van der Waals surface area contributed by atoms with E-state index in [0.717, 1.165) is 17.2 Å². The Hall–Kier alpha value is -3.35. The standard InChI is InChI=1S/C21H21FN2O4/c1-3-26-20(25)17(22)14-15-8-10-16(11-9-15)27-13-12-24(2)21-23-18-6-4-5-7-19(18)28-21/h4-11,14H,3,12-13H2,1-2H3/b17-14+. The number of hydrogen-bond donors (Lipinski definition) is 0. The Morgan fingerprint density at radius 2 is 1.96 bits per heavy atom. The summed E-state index contributed by atoms with van der Waals surface area (Å²) in [6.45, 7) is 2.75. The number of aromatic nitrogens is 1. The highest BCUT2D eigenvalue weighted by molar-refractivity contribution is 5.91. The largest absolute Gasteiger partial charge is 0.492 e. The average molecular weight is 384 g/mol. The molecule has 7 heteroatoms. The van der Waals surface area contributed by atoms with Crippen LogP contribution in [0.3, 0.4) is 0 Å². The minimum Gasteiger partial charge on any atom is -0.492 e. The zero-order valence-electron chi connectivity index (χ0n) is 15.7. The number of nitrogens with zero attached hydrogens (tertiary/aromatic N) is 2. The zero-order valence-corrected chi connectivity index (χ0v) is 15.7. The predicted molar refractivity (Wildman–Crippen MR) is 105 cm³/mol. The molecule has 0 spiro atoms. The number of fused-ring (bicyclic) bond motifs is 1. The Bertz CT molecular complexity index is 933. The lowest BCUT2D eigenvalue weighted by atomic mass is 10.2. The van der Waals surface area contributed by atoms with E-state index in [4.69, 9.17) is 9.15 Å². The number of ether oxygens (including phenoxy) is 2. The summed E-state index contributed by atoms with van der Waals surface area (Å²) in [5.41, 5.74) is 2.09. The molecular weight excluding hydrogens is 363 g/mol. The first-order chi connectivity index (χ1) is 13.6. The van der Waals surface area contributed by atoms with Crippen molar-refractivity contribution in [3.05, 3.63) is 59.9 Å². The maximum atomic E-state index is 13.6. The van der Waals surface area contributed by atoms with E-state index in [1.165, 1.54) is 0 Å². The van der Waals surface area contributed by atoms with Crippen LogP contribution in [0.5, 0.6) is 5.75 Å². The molecule has 0 saturated carbocycles. The fourth-order valence-electron chi connectivity index (χ4n) is 2.48. The summed E-state index contributed by atoms with van der Waals surface area (Å²) < 4.78 is 29.6. The summed E-state index contributed by atoms with van der Waals surface area (Å²) in [6, 6.07) is 14.9. The second-order valence-electron chi connectivity index (χ2n) is 6.02. The monoisotopic (exact) mass is 384 g/mol. The summed E-state index contributed by atoms with van der Waals surface area (Å²) in [7, 11) is 1.88. The Morgan fingerprint density at radius 3 is 2.68 bits per heavy atom. The van der Waals surface area contributed by atoms with Crippen molar-refractivity contribution in [3.63, 3.8) is 0 Å². The van der Waals surface area contributed by atoms with Gasteiger partial charge in [-0.1, -0.05) is 24.3 Å². The van der Waals surface area contributed by atoms with Crippen molar-refractivity contribution in [3.8, 4) is 5.75 Å². The van der Waals surface area contributed by atoms with Crippen molar-refractivity contribution < 1.29 is 23.1 Å². The van der Waals surface area contributed by atoms with Crippen LogP contribution in [0.1, 0.15) is 12.5 Å². The molecule has 0 aliphatic heterocycles. The van der Waals surface area contributed by atoms with E-state index in [9.17, 15) is 9.18 Å². The second kappa shape index (κ2) is 9.03. The zero-order chi connectivity index (χ0) is 19.9. The highest BCUT2D eigenvalue weighted by Crippen LogP contribution is 2.21. The lowest BCUT2D eigenvalue weighted by Gasteiger charge is -2.14. The normalized spacial score (nSPS) is 11.5. The number of carbonyl (C=O) groups is 1. The van der Waals surface area contributed by atoms with Crippen molar-refractivity contribution in [2.24, 2.45) is 0 Å². The van der Waals surface area contributed by atoms with Gasteiger partial charge in [-0.2, -0.15) is 9.37 Å². The van der Waals surface area contributed by atoms with E-state index in [1.54, 1.807) is 31.2 Å². The molecule has 0 N–H and O–H groups in total. The van der Waals surface area contributed by atoms with Gasteiger partial charge in [0.1, 0.15) is 17.9 Å². The molecular formula is C21H21FN2O4. The molecule has 0 atom stereocenters. The maximum Gasteiger partial charge on any atom is 0.367 e. The first-order valence-corrected chi connectivity index (χ1v) is 8.90. The van der Waals surface area contributed by atoms with Gasteiger partial charge < -0.3 is 18.8 Å². The lowest BCUT2D eigenvalue weighted by Crippen LogP contribution is -2.23. The fourth-order valence-corrected chi connectivity index (χ4v) is 2.48. The number of para-hydroxylation sites is 2. The Balaban J connectivity index is 1.52. The number of oxazole rings is 1. The van der Waals surface area contributed by atoms with Crippen molar-refractivity contribution in [2.75, 3.05) is 31.7 Å². The Morgan fingerprint density at radius 1 is 1.21 bits per heavy atom. The molecule has 0 saturated heterocycles. The Kier molecular flexibility index (Phi) is 6.26. The van der Waals surface area contributed by atoms with E-state index in [2.05, 4.69) is 9.72 Å². The van der Waals surface area contributed by atoms with E-state index in [1.807, 2.05) is 36.2 Å². The SMILES string of the molecule is CCOC(=O)/C(F)=C\c1ccc(OCCN(C)c2nc3ccccc3o2)cc1. The molecule has 1 aromatic heterocycles. The number of esters is 1. The first-order valence-electron chi connectivity index (χ1n) is 8.90. The van der Waals surface area contributed by atoms with Crippen LogP contribution in [0.2, 0.25) is 0 Å². The number of hydrogen-bond acceptors (Lipinski definition) is 6. The second-order valence-corrected chi connectivity index (χ2v) is 6.02. The molecule has 3 aromatic rings. The van der Waals surface area contributed by atoms with Crippen molar-refractivity contribution in [1.82, 2.24) is 4.98 Å². The number of rotatable bonds is 8. The van der Waals surface area contributed by atoms with E-state index < -0.39 is 11.8 Å². The minimum absolute atomic E-state index is 0.130. The van der Waals surface area contributed by atoms with Crippen LogP contribution in [-0.2, 0) is 9.53 Å². The van der Waals surface area contributed by atoms with Gasteiger partial charge in [0.2, 0.25) is 5.83 Å². The van der Waals surface area contributed by atoms with Crippen molar-refractivity contribution >= 4 is 29.2 Å². The van der Waals surface area contributed by atoms with E-state index in [0.29, 0.717) is 30.5 Å². The number of likely N-dealkylation sites (N-methyl/N-ethyl adjacent to an activating group) is 1. The van der Waals surface area contributed by atoms with Gasteiger partial charge in [0.25, 0.3) is 6.01 Å². The van der Waals surface area contributed by atoms with Crippen molar-refractivity contribution in [1.29, 1.82) is 0 Å². The summed E-state index contributed by atoms with van der Waals surface area (Å²) in [6.07, 6.45) is 1.13. The van der Waals surface area contributed by atoms with Gasteiger partial charge in [-0.25, -0.2) is 4.79 Å². The van der Waals surface area contributed by atoms with Crippen molar-refractivity contribution in [2.45, 2.75) is 6.92 Å². The summed E-state index contributed by atoms with van der Waals surface area (Å²) in [4.78, 5) is 17.6.